The maximum absolute atomic E-state index is 9.50. The first-order valence-electron chi connectivity index (χ1n) is 3.95. The molecule has 12 heavy (non-hydrogen) atoms. The third-order valence-corrected chi connectivity index (χ3v) is 2.15. The van der Waals surface area contributed by atoms with Crippen molar-refractivity contribution >= 4 is 0 Å². The van der Waals surface area contributed by atoms with Gasteiger partial charge in [0.05, 0.1) is 12.7 Å². The Balaban J connectivity index is 2.48. The summed E-state index contributed by atoms with van der Waals surface area (Å²) in [5, 5.41) is 9.50. The van der Waals surface area contributed by atoms with Crippen molar-refractivity contribution in [1.29, 1.82) is 0 Å². The highest BCUT2D eigenvalue weighted by Crippen LogP contribution is 2.35. The van der Waals surface area contributed by atoms with Gasteiger partial charge in [-0.25, -0.2) is 0 Å². The van der Waals surface area contributed by atoms with E-state index < -0.39 is 0 Å². The van der Waals surface area contributed by atoms with Gasteiger partial charge in [0.2, 0.25) is 0 Å². The van der Waals surface area contributed by atoms with Crippen LogP contribution in [0, 0.1) is 0 Å². The number of hydrogen-bond acceptors (Lipinski definition) is 3. The molecule has 2 rings (SSSR count). The van der Waals surface area contributed by atoms with Gasteiger partial charge in [-0.1, -0.05) is 12.1 Å². The zero-order valence-corrected chi connectivity index (χ0v) is 6.66. The standard InChI is InChI=1S/C9H11NO2/c10-4-8-9-6(5-12-8)2-1-3-7(9)11/h1-3,8,11H,4-5,10H2. The fourth-order valence-electron chi connectivity index (χ4n) is 1.56. The van der Waals surface area contributed by atoms with E-state index in [1.54, 1.807) is 6.07 Å². The van der Waals surface area contributed by atoms with Crippen molar-refractivity contribution in [2.24, 2.45) is 5.73 Å². The first-order valence-corrected chi connectivity index (χ1v) is 3.95. The summed E-state index contributed by atoms with van der Waals surface area (Å²) in [5.74, 6) is 0.292. The molecule has 1 aliphatic heterocycles. The van der Waals surface area contributed by atoms with Crippen molar-refractivity contribution in [1.82, 2.24) is 0 Å². The SMILES string of the molecule is NCC1OCc2cccc(O)c21. The van der Waals surface area contributed by atoms with Crippen LogP contribution in [-0.2, 0) is 11.3 Å². The summed E-state index contributed by atoms with van der Waals surface area (Å²) in [6.07, 6.45) is -0.124. The normalized spacial score (nSPS) is 20.9. The van der Waals surface area contributed by atoms with Gasteiger partial charge in [0.15, 0.2) is 0 Å². The molecule has 64 valence electrons. The van der Waals surface area contributed by atoms with Gasteiger partial charge < -0.3 is 15.6 Å². The van der Waals surface area contributed by atoms with Crippen molar-refractivity contribution in [3.8, 4) is 5.75 Å². The highest BCUT2D eigenvalue weighted by Gasteiger charge is 2.24. The summed E-state index contributed by atoms with van der Waals surface area (Å²) in [6, 6.07) is 5.43. The molecule has 1 aromatic rings. The smallest absolute Gasteiger partial charge is 0.121 e. The minimum atomic E-state index is -0.124. The van der Waals surface area contributed by atoms with Crippen LogP contribution in [0.2, 0.25) is 0 Å². The summed E-state index contributed by atoms with van der Waals surface area (Å²) in [7, 11) is 0. The molecule has 1 heterocycles. The Morgan fingerprint density at radius 2 is 2.42 bits per heavy atom. The van der Waals surface area contributed by atoms with Gasteiger partial charge in [-0.3, -0.25) is 0 Å². The van der Waals surface area contributed by atoms with Gasteiger partial charge in [0.1, 0.15) is 5.75 Å². The largest absolute Gasteiger partial charge is 0.508 e. The Labute approximate surface area is 70.8 Å². The molecule has 0 saturated carbocycles. The van der Waals surface area contributed by atoms with Crippen LogP contribution in [0.5, 0.6) is 5.75 Å². The van der Waals surface area contributed by atoms with Gasteiger partial charge in [0, 0.05) is 12.1 Å². The lowest BCUT2D eigenvalue weighted by molar-refractivity contribution is 0.0713. The second-order valence-electron chi connectivity index (χ2n) is 2.89. The van der Waals surface area contributed by atoms with Gasteiger partial charge in [0.25, 0.3) is 0 Å². The predicted octanol–water partition coefficient (Wildman–Crippen LogP) is 0.922. The van der Waals surface area contributed by atoms with Gasteiger partial charge >= 0.3 is 0 Å². The van der Waals surface area contributed by atoms with E-state index in [1.807, 2.05) is 12.1 Å². The van der Waals surface area contributed by atoms with Crippen LogP contribution >= 0.6 is 0 Å². The molecular weight excluding hydrogens is 154 g/mol. The Morgan fingerprint density at radius 3 is 3.17 bits per heavy atom. The van der Waals surface area contributed by atoms with E-state index >= 15 is 0 Å². The summed E-state index contributed by atoms with van der Waals surface area (Å²) in [5.41, 5.74) is 7.39. The number of hydrogen-bond donors (Lipinski definition) is 2. The van der Waals surface area contributed by atoms with Crippen molar-refractivity contribution in [3.05, 3.63) is 29.3 Å². The van der Waals surface area contributed by atoms with Gasteiger partial charge in [-0.2, -0.15) is 0 Å². The zero-order valence-electron chi connectivity index (χ0n) is 6.66. The highest BCUT2D eigenvalue weighted by molar-refractivity contribution is 5.42. The van der Waals surface area contributed by atoms with Crippen LogP contribution < -0.4 is 5.73 Å². The zero-order chi connectivity index (χ0) is 8.55. The lowest BCUT2D eigenvalue weighted by Crippen LogP contribution is -2.10. The Bertz CT molecular complexity index is 299. The quantitative estimate of drug-likeness (QED) is 0.650. The van der Waals surface area contributed by atoms with Crippen LogP contribution in [0.4, 0.5) is 0 Å². The van der Waals surface area contributed by atoms with Crippen molar-refractivity contribution < 1.29 is 9.84 Å². The molecule has 0 fully saturated rings. The molecule has 1 aromatic carbocycles. The molecule has 0 aliphatic carbocycles. The molecular formula is C9H11NO2. The topological polar surface area (TPSA) is 55.5 Å². The van der Waals surface area contributed by atoms with E-state index in [2.05, 4.69) is 0 Å². The highest BCUT2D eigenvalue weighted by atomic mass is 16.5. The summed E-state index contributed by atoms with van der Waals surface area (Å²) in [4.78, 5) is 0. The molecule has 0 spiro atoms. The second kappa shape index (κ2) is 2.77. The molecule has 0 saturated heterocycles. The first kappa shape index (κ1) is 7.58. The number of rotatable bonds is 1. The van der Waals surface area contributed by atoms with Gasteiger partial charge in [-0.15, -0.1) is 0 Å². The molecule has 3 nitrogen and oxygen atoms in total. The summed E-state index contributed by atoms with van der Waals surface area (Å²) in [6.45, 7) is 0.982. The maximum Gasteiger partial charge on any atom is 0.121 e. The molecule has 0 bridgehead atoms. The van der Waals surface area contributed by atoms with E-state index in [0.717, 1.165) is 11.1 Å². The number of phenols is 1. The molecule has 0 amide bonds. The van der Waals surface area contributed by atoms with Crippen LogP contribution in [0.1, 0.15) is 17.2 Å². The monoisotopic (exact) mass is 165 g/mol. The predicted molar refractivity (Wildman–Crippen MR) is 44.7 cm³/mol. The second-order valence-corrected chi connectivity index (χ2v) is 2.89. The minimum absolute atomic E-state index is 0.124. The van der Waals surface area contributed by atoms with Crippen molar-refractivity contribution in [3.63, 3.8) is 0 Å². The number of benzene rings is 1. The maximum atomic E-state index is 9.50. The third-order valence-electron chi connectivity index (χ3n) is 2.15. The Morgan fingerprint density at radius 1 is 1.58 bits per heavy atom. The fourth-order valence-corrected chi connectivity index (χ4v) is 1.56. The Kier molecular flexibility index (Phi) is 1.75. The van der Waals surface area contributed by atoms with Crippen molar-refractivity contribution in [2.45, 2.75) is 12.7 Å². The lowest BCUT2D eigenvalue weighted by atomic mass is 10.0. The van der Waals surface area contributed by atoms with Crippen LogP contribution in [-0.4, -0.2) is 11.7 Å². The number of nitrogens with two attached hydrogens (primary N) is 1. The molecule has 3 heteroatoms. The van der Waals surface area contributed by atoms with E-state index in [9.17, 15) is 5.11 Å². The van der Waals surface area contributed by atoms with E-state index in [-0.39, 0.29) is 6.10 Å². The van der Waals surface area contributed by atoms with Crippen molar-refractivity contribution in [2.75, 3.05) is 6.54 Å². The number of fused-ring (bicyclic) bond motifs is 1. The third kappa shape index (κ3) is 0.983. The van der Waals surface area contributed by atoms with E-state index in [4.69, 9.17) is 10.5 Å². The van der Waals surface area contributed by atoms with Crippen LogP contribution in [0.25, 0.3) is 0 Å². The number of aromatic hydroxyl groups is 1. The number of phenolic OH excluding ortho intramolecular Hbond substituents is 1. The lowest BCUT2D eigenvalue weighted by Gasteiger charge is -2.08. The molecule has 0 radical (unpaired) electrons. The molecule has 0 aromatic heterocycles. The van der Waals surface area contributed by atoms with Gasteiger partial charge in [-0.05, 0) is 11.6 Å². The number of ether oxygens (including phenoxy) is 1. The average molecular weight is 165 g/mol. The molecule has 3 N–H and O–H groups in total. The average Bonchev–Trinajstić information content (AvgIpc) is 2.49. The molecule has 1 unspecified atom stereocenters. The van der Waals surface area contributed by atoms with E-state index in [0.29, 0.717) is 18.9 Å². The first-order chi connectivity index (χ1) is 5.83. The van der Waals surface area contributed by atoms with Crippen LogP contribution in [0.15, 0.2) is 18.2 Å². The fraction of sp³-hybridized carbons (Fsp3) is 0.333. The minimum Gasteiger partial charge on any atom is -0.508 e. The van der Waals surface area contributed by atoms with Crippen LogP contribution in [0.3, 0.4) is 0 Å². The van der Waals surface area contributed by atoms with E-state index in [1.165, 1.54) is 0 Å². The molecule has 1 atom stereocenters. The summed E-state index contributed by atoms with van der Waals surface area (Å²) < 4.78 is 5.37. The Hall–Kier alpha value is -1.06. The molecule has 1 aliphatic rings. The summed E-state index contributed by atoms with van der Waals surface area (Å²) >= 11 is 0.